The van der Waals surface area contributed by atoms with Gasteiger partial charge in [0.2, 0.25) is 5.16 Å². The fourth-order valence-electron chi connectivity index (χ4n) is 1.64. The molecule has 0 atom stereocenters. The van der Waals surface area contributed by atoms with Crippen LogP contribution in [0.5, 0.6) is 5.75 Å². The first-order valence-electron chi connectivity index (χ1n) is 6.41. The van der Waals surface area contributed by atoms with Crippen LogP contribution in [0, 0.1) is 0 Å². The molecule has 2 aromatic rings. The van der Waals surface area contributed by atoms with Crippen LogP contribution in [0.25, 0.3) is 6.08 Å². The van der Waals surface area contributed by atoms with E-state index in [-0.39, 0.29) is 4.91 Å². The van der Waals surface area contributed by atoms with Crippen molar-refractivity contribution in [2.75, 3.05) is 7.11 Å². The van der Waals surface area contributed by atoms with E-state index in [0.717, 1.165) is 27.6 Å². The summed E-state index contributed by atoms with van der Waals surface area (Å²) in [6, 6.07) is 5.34. The van der Waals surface area contributed by atoms with E-state index in [1.807, 2.05) is 6.92 Å². The van der Waals surface area contributed by atoms with Crippen molar-refractivity contribution in [3.8, 4) is 5.75 Å². The van der Waals surface area contributed by atoms with Crippen molar-refractivity contribution >= 4 is 39.7 Å². The van der Waals surface area contributed by atoms with E-state index in [1.165, 1.54) is 0 Å². The Bertz CT molecular complexity index is 715. The number of aromatic amines is 1. The minimum atomic E-state index is -1.03. The smallest absolute Gasteiger partial charge is 0.342 e. The molecule has 0 aliphatic rings. The number of methoxy groups -OCH3 is 1. The molecule has 0 radical (unpaired) electrons. The SMILES string of the molecule is CCc1nc(S/C(=C\c2ccc(OC)c(Br)c2)C(=O)O)n[nH]1. The minimum Gasteiger partial charge on any atom is -0.496 e. The first kappa shape index (κ1) is 16.6. The Balaban J connectivity index is 2.26. The maximum atomic E-state index is 11.4. The van der Waals surface area contributed by atoms with Gasteiger partial charge in [-0.3, -0.25) is 5.10 Å². The number of benzene rings is 1. The van der Waals surface area contributed by atoms with Gasteiger partial charge in [-0.1, -0.05) is 13.0 Å². The number of aryl methyl sites for hydroxylation is 1. The average molecular weight is 384 g/mol. The van der Waals surface area contributed by atoms with Crippen LogP contribution in [0.1, 0.15) is 18.3 Å². The van der Waals surface area contributed by atoms with Crippen molar-refractivity contribution in [3.63, 3.8) is 0 Å². The number of nitrogens with one attached hydrogen (secondary N) is 1. The predicted molar refractivity (Wildman–Crippen MR) is 87.9 cm³/mol. The fraction of sp³-hybridized carbons (Fsp3) is 0.214. The lowest BCUT2D eigenvalue weighted by Gasteiger charge is -2.04. The number of H-pyrrole nitrogens is 1. The van der Waals surface area contributed by atoms with E-state index >= 15 is 0 Å². The van der Waals surface area contributed by atoms with Crippen LogP contribution >= 0.6 is 27.7 Å². The third kappa shape index (κ3) is 4.11. The van der Waals surface area contributed by atoms with E-state index in [9.17, 15) is 9.90 Å². The van der Waals surface area contributed by atoms with Gasteiger partial charge in [0.15, 0.2) is 0 Å². The summed E-state index contributed by atoms with van der Waals surface area (Å²) in [6.07, 6.45) is 2.28. The molecule has 0 aliphatic heterocycles. The van der Waals surface area contributed by atoms with Gasteiger partial charge in [0, 0.05) is 6.42 Å². The summed E-state index contributed by atoms with van der Waals surface area (Å²) < 4.78 is 5.90. The first-order chi connectivity index (χ1) is 10.5. The van der Waals surface area contributed by atoms with Gasteiger partial charge in [0.1, 0.15) is 16.5 Å². The number of carboxylic acids is 1. The monoisotopic (exact) mass is 383 g/mol. The molecule has 1 aromatic carbocycles. The second-order valence-electron chi connectivity index (χ2n) is 4.23. The summed E-state index contributed by atoms with van der Waals surface area (Å²) in [5.74, 6) is 0.377. The van der Waals surface area contributed by atoms with E-state index in [0.29, 0.717) is 17.3 Å². The minimum absolute atomic E-state index is 0.138. The molecule has 0 saturated carbocycles. The Morgan fingerprint density at radius 1 is 1.55 bits per heavy atom. The largest absolute Gasteiger partial charge is 0.496 e. The highest BCUT2D eigenvalue weighted by atomic mass is 79.9. The zero-order valence-corrected chi connectivity index (χ0v) is 14.4. The number of rotatable bonds is 6. The number of ether oxygens (including phenoxy) is 1. The molecule has 0 unspecified atom stereocenters. The van der Waals surface area contributed by atoms with Crippen LogP contribution in [0.2, 0.25) is 0 Å². The number of hydrogen-bond donors (Lipinski definition) is 2. The quantitative estimate of drug-likeness (QED) is 0.587. The molecule has 0 aliphatic carbocycles. The lowest BCUT2D eigenvalue weighted by molar-refractivity contribution is -0.131. The molecule has 6 nitrogen and oxygen atoms in total. The topological polar surface area (TPSA) is 88.1 Å². The Labute approximate surface area is 140 Å². The second-order valence-corrected chi connectivity index (χ2v) is 6.09. The van der Waals surface area contributed by atoms with Gasteiger partial charge in [0.25, 0.3) is 0 Å². The van der Waals surface area contributed by atoms with Crippen LogP contribution < -0.4 is 4.74 Å². The first-order valence-corrected chi connectivity index (χ1v) is 8.02. The van der Waals surface area contributed by atoms with Crippen molar-refractivity contribution in [1.82, 2.24) is 15.2 Å². The molecule has 0 amide bonds. The van der Waals surface area contributed by atoms with Crippen molar-refractivity contribution < 1.29 is 14.6 Å². The number of hydrogen-bond acceptors (Lipinski definition) is 5. The third-order valence-corrected chi connectivity index (χ3v) is 4.23. The Morgan fingerprint density at radius 2 is 2.32 bits per heavy atom. The van der Waals surface area contributed by atoms with Crippen LogP contribution in [-0.4, -0.2) is 33.4 Å². The number of aliphatic carboxylic acids is 1. The fourth-order valence-corrected chi connectivity index (χ4v) is 2.92. The maximum Gasteiger partial charge on any atom is 0.342 e. The molecule has 0 saturated heterocycles. The van der Waals surface area contributed by atoms with Crippen LogP contribution in [0.3, 0.4) is 0 Å². The van der Waals surface area contributed by atoms with Crippen LogP contribution in [0.15, 0.2) is 32.7 Å². The zero-order chi connectivity index (χ0) is 16.1. The molecular weight excluding hydrogens is 370 g/mol. The number of carboxylic acid groups (broad SMARTS) is 1. The van der Waals surface area contributed by atoms with E-state index in [4.69, 9.17) is 4.74 Å². The molecule has 1 heterocycles. The summed E-state index contributed by atoms with van der Waals surface area (Å²) in [7, 11) is 1.57. The molecule has 0 fully saturated rings. The standard InChI is InChI=1S/C14H14BrN3O3S/c1-3-12-16-14(18-17-12)22-11(13(19)20)7-8-4-5-10(21-2)9(15)6-8/h4-7H,3H2,1-2H3,(H,19,20)(H,16,17,18)/b11-7-. The molecule has 0 bridgehead atoms. The summed E-state index contributed by atoms with van der Waals surface area (Å²) in [5, 5.41) is 16.5. The van der Waals surface area contributed by atoms with E-state index in [1.54, 1.807) is 31.4 Å². The van der Waals surface area contributed by atoms with Crippen LogP contribution in [0.4, 0.5) is 0 Å². The average Bonchev–Trinajstić information content (AvgIpc) is 2.94. The number of aromatic nitrogens is 3. The van der Waals surface area contributed by atoms with Gasteiger partial charge < -0.3 is 9.84 Å². The zero-order valence-electron chi connectivity index (χ0n) is 12.0. The highest BCUT2D eigenvalue weighted by Crippen LogP contribution is 2.29. The number of thioether (sulfide) groups is 1. The molecular formula is C14H14BrN3O3S. The lowest BCUT2D eigenvalue weighted by Crippen LogP contribution is -1.97. The van der Waals surface area contributed by atoms with Crippen molar-refractivity contribution in [2.24, 2.45) is 0 Å². The van der Waals surface area contributed by atoms with Gasteiger partial charge in [-0.2, -0.15) is 0 Å². The highest BCUT2D eigenvalue weighted by molar-refractivity contribution is 9.10. The van der Waals surface area contributed by atoms with Crippen molar-refractivity contribution in [2.45, 2.75) is 18.5 Å². The number of halogens is 1. The molecule has 2 rings (SSSR count). The summed E-state index contributed by atoms with van der Waals surface area (Å²) >= 11 is 4.38. The Hall–Kier alpha value is -1.80. The normalized spacial score (nSPS) is 11.5. The molecule has 116 valence electrons. The third-order valence-electron chi connectivity index (χ3n) is 2.73. The van der Waals surface area contributed by atoms with E-state index < -0.39 is 5.97 Å². The van der Waals surface area contributed by atoms with Crippen molar-refractivity contribution in [3.05, 3.63) is 39.0 Å². The van der Waals surface area contributed by atoms with Gasteiger partial charge in [-0.05, 0) is 51.5 Å². The van der Waals surface area contributed by atoms with Crippen molar-refractivity contribution in [1.29, 1.82) is 0 Å². The Kier molecular flexibility index (Phi) is 5.62. The lowest BCUT2D eigenvalue weighted by atomic mass is 10.2. The Morgan fingerprint density at radius 3 is 2.86 bits per heavy atom. The number of nitrogens with zero attached hydrogens (tertiary/aromatic N) is 2. The number of carbonyl (C=O) groups is 1. The molecule has 2 N–H and O–H groups in total. The molecule has 1 aromatic heterocycles. The predicted octanol–water partition coefficient (Wildman–Crippen LogP) is 3.36. The summed E-state index contributed by atoms with van der Waals surface area (Å²) in [6.45, 7) is 1.94. The van der Waals surface area contributed by atoms with Crippen LogP contribution in [-0.2, 0) is 11.2 Å². The summed E-state index contributed by atoms with van der Waals surface area (Å²) in [5.41, 5.74) is 0.740. The van der Waals surface area contributed by atoms with Gasteiger partial charge >= 0.3 is 5.97 Å². The maximum absolute atomic E-state index is 11.4. The highest BCUT2D eigenvalue weighted by Gasteiger charge is 2.13. The second kappa shape index (κ2) is 7.46. The van der Waals surface area contributed by atoms with Gasteiger partial charge in [-0.25, -0.2) is 9.78 Å². The molecule has 8 heteroatoms. The summed E-state index contributed by atoms with van der Waals surface area (Å²) in [4.78, 5) is 15.7. The molecule has 22 heavy (non-hydrogen) atoms. The molecule has 0 spiro atoms. The van der Waals surface area contributed by atoms with Gasteiger partial charge in [0.05, 0.1) is 11.6 Å². The van der Waals surface area contributed by atoms with E-state index in [2.05, 4.69) is 31.1 Å². The van der Waals surface area contributed by atoms with Gasteiger partial charge in [-0.15, -0.1) is 5.10 Å².